The molecule has 3 atom stereocenters. The van der Waals surface area contributed by atoms with E-state index < -0.39 is 23.8 Å². The third-order valence-corrected chi connectivity index (χ3v) is 9.38. The molecule has 2 aliphatic heterocycles. The third kappa shape index (κ3) is 4.98. The number of para-hydroxylation sites is 1. The number of benzene rings is 2. The van der Waals surface area contributed by atoms with E-state index in [4.69, 9.17) is 9.26 Å². The number of hydrogen-bond acceptors (Lipinski definition) is 6. The van der Waals surface area contributed by atoms with Crippen LogP contribution in [0.25, 0.3) is 11.0 Å². The lowest BCUT2D eigenvalue weighted by atomic mass is 9.77. The number of carboxylic acid groups (broad SMARTS) is 1. The monoisotopic (exact) mass is 609 g/mol. The predicted octanol–water partition coefficient (Wildman–Crippen LogP) is 5.11. The summed E-state index contributed by atoms with van der Waals surface area (Å²) in [6, 6.07) is 11.0. The Bertz CT molecular complexity index is 1450. The van der Waals surface area contributed by atoms with Gasteiger partial charge in [0.15, 0.2) is 5.58 Å². The standard InChI is InChI=1S/C30H32BrN3O6/c31-22-11-12-26(39-17-23-21-8-3-4-9-25(21)40-32-23)28-20(22)13-15-34(24(28)16-33-14-5-10-27(33)35)29(36)18-6-1-2-7-19(18)30(37)38/h3-4,8-9,11-12,18-19,24H,1-2,5-7,10,13-17H2,(H,37,38)/t18?,19-,24-/m1/s1. The minimum absolute atomic E-state index is 0.0760. The summed E-state index contributed by atoms with van der Waals surface area (Å²) in [5, 5.41) is 15.0. The van der Waals surface area contributed by atoms with Gasteiger partial charge in [0.25, 0.3) is 0 Å². The minimum Gasteiger partial charge on any atom is -0.487 e. The van der Waals surface area contributed by atoms with E-state index in [1.165, 1.54) is 0 Å². The number of carbonyl (C=O) groups excluding carboxylic acids is 2. The first-order valence-electron chi connectivity index (χ1n) is 14.0. The van der Waals surface area contributed by atoms with Crippen LogP contribution in [0.15, 0.2) is 45.4 Å². The Morgan fingerprint density at radius 2 is 1.85 bits per heavy atom. The fraction of sp³-hybridized carbons (Fsp3) is 0.467. The van der Waals surface area contributed by atoms with Gasteiger partial charge in [0.05, 0.1) is 17.9 Å². The van der Waals surface area contributed by atoms with Crippen LogP contribution in [-0.4, -0.2) is 57.5 Å². The van der Waals surface area contributed by atoms with Crippen LogP contribution in [0.3, 0.4) is 0 Å². The van der Waals surface area contributed by atoms with Crippen LogP contribution in [-0.2, 0) is 27.4 Å². The molecule has 1 aliphatic carbocycles. The number of carboxylic acids is 1. The van der Waals surface area contributed by atoms with E-state index in [-0.39, 0.29) is 18.4 Å². The summed E-state index contributed by atoms with van der Waals surface area (Å²) < 4.78 is 12.8. The van der Waals surface area contributed by atoms with E-state index in [0.29, 0.717) is 62.3 Å². The summed E-state index contributed by atoms with van der Waals surface area (Å²) in [6.07, 6.45) is 4.62. The number of rotatable bonds is 7. The number of aromatic nitrogens is 1. The van der Waals surface area contributed by atoms with Crippen molar-refractivity contribution in [2.24, 2.45) is 11.8 Å². The number of carbonyl (C=O) groups is 3. The average molecular weight is 611 g/mol. The SMILES string of the molecule is O=C(O)[C@@H]1CCCCC1C(=O)N1CCc2c(Br)ccc(OCc3noc4ccccc34)c2[C@H]1CN1CCCC1=O. The second kappa shape index (κ2) is 11.2. The quantitative estimate of drug-likeness (QED) is 0.396. The molecule has 0 radical (unpaired) electrons. The van der Waals surface area contributed by atoms with Gasteiger partial charge in [-0.25, -0.2) is 0 Å². The minimum atomic E-state index is -0.909. The highest BCUT2D eigenvalue weighted by atomic mass is 79.9. The van der Waals surface area contributed by atoms with Gasteiger partial charge in [-0.05, 0) is 55.5 Å². The predicted molar refractivity (Wildman–Crippen MR) is 150 cm³/mol. The highest BCUT2D eigenvalue weighted by Crippen LogP contribution is 2.43. The van der Waals surface area contributed by atoms with Gasteiger partial charge in [0.1, 0.15) is 18.1 Å². The fourth-order valence-corrected chi connectivity index (χ4v) is 7.13. The molecule has 2 fully saturated rings. The van der Waals surface area contributed by atoms with Crippen molar-refractivity contribution in [1.29, 1.82) is 0 Å². The molecule has 2 amide bonds. The van der Waals surface area contributed by atoms with Gasteiger partial charge in [-0.1, -0.05) is 46.1 Å². The van der Waals surface area contributed by atoms with E-state index in [1.807, 2.05) is 46.2 Å². The van der Waals surface area contributed by atoms with Crippen LogP contribution < -0.4 is 4.74 Å². The Balaban J connectivity index is 1.36. The summed E-state index contributed by atoms with van der Waals surface area (Å²) in [4.78, 5) is 42.6. The lowest BCUT2D eigenvalue weighted by Crippen LogP contribution is -2.50. The van der Waals surface area contributed by atoms with Crippen LogP contribution in [0.5, 0.6) is 5.75 Å². The van der Waals surface area contributed by atoms with Crippen molar-refractivity contribution in [3.8, 4) is 5.75 Å². The molecule has 2 aromatic carbocycles. The summed E-state index contributed by atoms with van der Waals surface area (Å²) in [5.41, 5.74) is 3.26. The summed E-state index contributed by atoms with van der Waals surface area (Å²) >= 11 is 3.71. The van der Waals surface area contributed by atoms with Crippen molar-refractivity contribution in [1.82, 2.24) is 15.0 Å². The average Bonchev–Trinajstić information content (AvgIpc) is 3.58. The lowest BCUT2D eigenvalue weighted by molar-refractivity contribution is -0.154. The Hall–Kier alpha value is -3.40. The molecule has 6 rings (SSSR count). The van der Waals surface area contributed by atoms with Crippen LogP contribution in [0.1, 0.15) is 61.4 Å². The van der Waals surface area contributed by atoms with Crippen molar-refractivity contribution in [2.45, 2.75) is 57.6 Å². The number of aliphatic carboxylic acids is 1. The Kier molecular flexibility index (Phi) is 7.53. The Morgan fingerprint density at radius 1 is 1.05 bits per heavy atom. The molecule has 40 heavy (non-hydrogen) atoms. The molecule has 1 saturated heterocycles. The fourth-order valence-electron chi connectivity index (χ4n) is 6.59. The summed E-state index contributed by atoms with van der Waals surface area (Å²) in [7, 11) is 0. The highest BCUT2D eigenvalue weighted by Gasteiger charge is 2.43. The molecular weight excluding hydrogens is 578 g/mol. The molecule has 10 heteroatoms. The van der Waals surface area contributed by atoms with E-state index in [1.54, 1.807) is 0 Å². The van der Waals surface area contributed by atoms with Gasteiger partial charge in [-0.2, -0.15) is 0 Å². The molecule has 1 aromatic heterocycles. The van der Waals surface area contributed by atoms with Crippen LogP contribution in [0, 0.1) is 11.8 Å². The second-order valence-corrected chi connectivity index (χ2v) is 11.8. The van der Waals surface area contributed by atoms with E-state index >= 15 is 0 Å². The van der Waals surface area contributed by atoms with Gasteiger partial charge < -0.3 is 24.2 Å². The van der Waals surface area contributed by atoms with Crippen LogP contribution >= 0.6 is 15.9 Å². The molecule has 3 heterocycles. The first kappa shape index (κ1) is 26.8. The summed E-state index contributed by atoms with van der Waals surface area (Å²) in [5.74, 6) is -1.60. The molecule has 1 N–H and O–H groups in total. The Morgan fingerprint density at radius 3 is 2.62 bits per heavy atom. The zero-order valence-electron chi connectivity index (χ0n) is 22.2. The normalized spacial score (nSPS) is 22.9. The molecule has 3 aliphatic rings. The molecule has 9 nitrogen and oxygen atoms in total. The van der Waals surface area contributed by atoms with Crippen molar-refractivity contribution in [3.63, 3.8) is 0 Å². The third-order valence-electron chi connectivity index (χ3n) is 8.64. The number of nitrogens with zero attached hydrogens (tertiary/aromatic N) is 3. The first-order valence-corrected chi connectivity index (χ1v) is 14.8. The molecule has 0 bridgehead atoms. The van der Waals surface area contributed by atoms with Crippen molar-refractivity contribution in [2.75, 3.05) is 19.6 Å². The zero-order valence-corrected chi connectivity index (χ0v) is 23.8. The molecule has 0 spiro atoms. The maximum absolute atomic E-state index is 14.1. The van der Waals surface area contributed by atoms with Gasteiger partial charge in [0.2, 0.25) is 11.8 Å². The maximum Gasteiger partial charge on any atom is 0.307 e. The number of ether oxygens (including phenoxy) is 1. The topological polar surface area (TPSA) is 113 Å². The van der Waals surface area contributed by atoms with Crippen molar-refractivity contribution >= 4 is 44.7 Å². The number of likely N-dealkylation sites (tertiary alicyclic amines) is 1. The molecular formula is C30H32BrN3O6. The summed E-state index contributed by atoms with van der Waals surface area (Å²) in [6.45, 7) is 1.63. The number of hydrogen-bond donors (Lipinski definition) is 1. The van der Waals surface area contributed by atoms with E-state index in [2.05, 4.69) is 21.1 Å². The highest BCUT2D eigenvalue weighted by molar-refractivity contribution is 9.10. The largest absolute Gasteiger partial charge is 0.487 e. The molecule has 1 unspecified atom stereocenters. The molecule has 1 saturated carbocycles. The van der Waals surface area contributed by atoms with Gasteiger partial charge in [-0.3, -0.25) is 14.4 Å². The Labute approximate surface area is 240 Å². The number of halogens is 1. The number of fused-ring (bicyclic) bond motifs is 2. The first-order chi connectivity index (χ1) is 19.4. The number of amides is 2. The van der Waals surface area contributed by atoms with Crippen LogP contribution in [0.4, 0.5) is 0 Å². The molecule has 3 aromatic rings. The van der Waals surface area contributed by atoms with E-state index in [0.717, 1.165) is 40.2 Å². The van der Waals surface area contributed by atoms with Crippen molar-refractivity contribution in [3.05, 3.63) is 57.7 Å². The van der Waals surface area contributed by atoms with Gasteiger partial charge in [-0.15, -0.1) is 0 Å². The zero-order chi connectivity index (χ0) is 27.8. The van der Waals surface area contributed by atoms with Gasteiger partial charge in [0, 0.05) is 41.5 Å². The van der Waals surface area contributed by atoms with E-state index in [9.17, 15) is 19.5 Å². The van der Waals surface area contributed by atoms with Crippen LogP contribution in [0.2, 0.25) is 0 Å². The smallest absolute Gasteiger partial charge is 0.307 e. The molecule has 210 valence electrons. The maximum atomic E-state index is 14.1. The second-order valence-electron chi connectivity index (χ2n) is 10.9. The lowest BCUT2D eigenvalue weighted by Gasteiger charge is -2.43. The van der Waals surface area contributed by atoms with Gasteiger partial charge >= 0.3 is 5.97 Å². The van der Waals surface area contributed by atoms with Crippen molar-refractivity contribution < 1.29 is 28.8 Å².